The molecule has 1 saturated heterocycles. The molecule has 0 aliphatic carbocycles. The van der Waals surface area contributed by atoms with Crippen LogP contribution in [0.25, 0.3) is 0 Å². The highest BCUT2D eigenvalue weighted by Crippen LogP contribution is 2.37. The fourth-order valence-corrected chi connectivity index (χ4v) is 5.40. The highest BCUT2D eigenvalue weighted by Gasteiger charge is 2.51. The number of ether oxygens (including phenoxy) is 2. The van der Waals surface area contributed by atoms with Crippen molar-refractivity contribution in [3.63, 3.8) is 0 Å². The smallest absolute Gasteiger partial charge is 0.416 e. The Morgan fingerprint density at radius 3 is 2.42 bits per heavy atom. The summed E-state index contributed by atoms with van der Waals surface area (Å²) in [5.41, 5.74) is -4.54. The summed E-state index contributed by atoms with van der Waals surface area (Å²) in [5, 5.41) is 39.3. The Balaban J connectivity index is 1.96. The lowest BCUT2D eigenvalue weighted by Crippen LogP contribution is -2.48. The van der Waals surface area contributed by atoms with Crippen molar-refractivity contribution in [1.82, 2.24) is 4.31 Å². The van der Waals surface area contributed by atoms with E-state index >= 15 is 0 Å². The number of β-amino-alcohol motifs (C(OH)–C–C–N with tert-alkyl or cyclic N) is 1. The van der Waals surface area contributed by atoms with E-state index in [1.807, 2.05) is 6.92 Å². The van der Waals surface area contributed by atoms with E-state index in [9.17, 15) is 41.5 Å². The minimum absolute atomic E-state index is 0.0486. The minimum atomic E-state index is -4.81. The maximum atomic E-state index is 14.4. The topological polar surface area (TPSA) is 144 Å². The number of hydrogen-bond donors (Lipinski definition) is 2. The highest BCUT2D eigenvalue weighted by atomic mass is 32.2. The Bertz CT molecular complexity index is 1390. The van der Waals surface area contributed by atoms with Gasteiger partial charge in [-0.15, -0.1) is 0 Å². The van der Waals surface area contributed by atoms with Gasteiger partial charge in [0.15, 0.2) is 11.5 Å². The van der Waals surface area contributed by atoms with E-state index in [2.05, 4.69) is 0 Å². The van der Waals surface area contributed by atoms with Crippen LogP contribution in [-0.2, 0) is 16.2 Å². The van der Waals surface area contributed by atoms with Crippen LogP contribution in [0.3, 0.4) is 0 Å². The summed E-state index contributed by atoms with van der Waals surface area (Å²) in [6, 6.07) is 6.56. The fraction of sp³-hybridized carbons (Fsp3) is 0.417. The molecule has 0 unspecified atom stereocenters. The van der Waals surface area contributed by atoms with E-state index in [4.69, 9.17) is 14.7 Å². The van der Waals surface area contributed by atoms with Gasteiger partial charge >= 0.3 is 6.18 Å². The molecule has 2 aromatic rings. The summed E-state index contributed by atoms with van der Waals surface area (Å²) in [6.07, 6.45) is -4.92. The van der Waals surface area contributed by atoms with E-state index in [-0.39, 0.29) is 23.7 Å². The molecule has 9 nitrogen and oxygen atoms in total. The number of sulfonamides is 1. The van der Waals surface area contributed by atoms with Crippen LogP contribution in [0.5, 0.6) is 11.5 Å². The maximum absolute atomic E-state index is 14.4. The molecule has 2 atom stereocenters. The van der Waals surface area contributed by atoms with Gasteiger partial charge in [0.05, 0.1) is 41.3 Å². The van der Waals surface area contributed by atoms with Crippen molar-refractivity contribution < 1.29 is 45.7 Å². The molecule has 204 valence electrons. The third-order valence-corrected chi connectivity index (χ3v) is 7.79. The average molecular weight is 558 g/mol. The number of nitrogens with zero attached hydrogens (tertiary/aromatic N) is 3. The SMILES string of the molecule is CCCCOc1cc(C#N)c(F)cc1O[C@H]1CN(S(=O)(=O)c2ccc(C(F)(F)F)cc2C#N)C[C@@]1(O)CO. The first-order chi connectivity index (χ1) is 17.8. The van der Waals surface area contributed by atoms with Crippen molar-refractivity contribution in [3.8, 4) is 23.6 Å². The van der Waals surface area contributed by atoms with Gasteiger partial charge in [0.1, 0.15) is 29.7 Å². The van der Waals surface area contributed by atoms with E-state index < -0.39 is 69.4 Å². The standard InChI is InChI=1S/C24H23F4N3O6S/c1-2-3-6-36-19-8-15(10-29)18(25)9-20(19)37-22-12-31(13-23(22,33)14-32)38(34,35)21-5-4-17(24(26,27)28)7-16(21)11-30/h4-5,7-9,22,32-33H,2-3,6,12-14H2,1H3/t22-,23+/m0/s1. The lowest BCUT2D eigenvalue weighted by molar-refractivity contribution is -0.137. The molecule has 1 aliphatic rings. The Labute approximate surface area is 216 Å². The number of halogens is 4. The second-order valence-electron chi connectivity index (χ2n) is 8.58. The van der Waals surface area contributed by atoms with Gasteiger partial charge < -0.3 is 19.7 Å². The van der Waals surface area contributed by atoms with Crippen molar-refractivity contribution in [2.45, 2.75) is 42.5 Å². The number of benzene rings is 2. The first-order valence-corrected chi connectivity index (χ1v) is 12.7. The van der Waals surface area contributed by atoms with Crippen LogP contribution in [-0.4, -0.2) is 60.9 Å². The molecule has 0 aromatic heterocycles. The summed E-state index contributed by atoms with van der Waals surface area (Å²) < 4.78 is 92.0. The van der Waals surface area contributed by atoms with Crippen LogP contribution in [0.1, 0.15) is 36.5 Å². The number of nitriles is 2. The van der Waals surface area contributed by atoms with Gasteiger partial charge in [0, 0.05) is 18.7 Å². The zero-order valence-electron chi connectivity index (χ0n) is 20.0. The lowest BCUT2D eigenvalue weighted by atomic mass is 10.0. The molecule has 1 heterocycles. The second kappa shape index (κ2) is 11.1. The summed E-state index contributed by atoms with van der Waals surface area (Å²) in [7, 11) is -4.65. The van der Waals surface area contributed by atoms with Crippen molar-refractivity contribution in [2.75, 3.05) is 26.3 Å². The molecule has 38 heavy (non-hydrogen) atoms. The number of alkyl halides is 3. The molecular weight excluding hydrogens is 534 g/mol. The Hall–Kier alpha value is -3.43. The molecule has 0 saturated carbocycles. The minimum Gasteiger partial charge on any atom is -0.490 e. The lowest BCUT2D eigenvalue weighted by Gasteiger charge is -2.27. The van der Waals surface area contributed by atoms with Gasteiger partial charge in [0.2, 0.25) is 10.0 Å². The van der Waals surface area contributed by atoms with Crippen LogP contribution in [0.15, 0.2) is 35.2 Å². The van der Waals surface area contributed by atoms with E-state index in [0.29, 0.717) is 28.9 Å². The number of aliphatic hydroxyl groups excluding tert-OH is 1. The molecular formula is C24H23F4N3O6S. The molecule has 0 amide bonds. The van der Waals surface area contributed by atoms with Crippen molar-refractivity contribution in [3.05, 3.63) is 52.8 Å². The monoisotopic (exact) mass is 557 g/mol. The fourth-order valence-electron chi connectivity index (χ4n) is 3.77. The first kappa shape index (κ1) is 29.1. The van der Waals surface area contributed by atoms with Gasteiger partial charge in [-0.1, -0.05) is 13.3 Å². The first-order valence-electron chi connectivity index (χ1n) is 11.3. The second-order valence-corrected chi connectivity index (χ2v) is 10.5. The Morgan fingerprint density at radius 2 is 1.84 bits per heavy atom. The van der Waals surface area contributed by atoms with Crippen LogP contribution >= 0.6 is 0 Å². The van der Waals surface area contributed by atoms with Crippen LogP contribution in [0.2, 0.25) is 0 Å². The summed E-state index contributed by atoms with van der Waals surface area (Å²) >= 11 is 0. The molecule has 2 N–H and O–H groups in total. The van der Waals surface area contributed by atoms with Crippen LogP contribution < -0.4 is 9.47 Å². The normalized spacial score (nSPS) is 20.1. The predicted molar refractivity (Wildman–Crippen MR) is 123 cm³/mol. The molecule has 0 spiro atoms. The highest BCUT2D eigenvalue weighted by molar-refractivity contribution is 7.89. The molecule has 0 bridgehead atoms. The molecule has 3 rings (SSSR count). The number of rotatable bonds is 9. The largest absolute Gasteiger partial charge is 0.490 e. The van der Waals surface area contributed by atoms with Crippen LogP contribution in [0, 0.1) is 28.5 Å². The van der Waals surface area contributed by atoms with Crippen molar-refractivity contribution in [1.29, 1.82) is 10.5 Å². The van der Waals surface area contributed by atoms with Crippen LogP contribution in [0.4, 0.5) is 17.6 Å². The number of unbranched alkanes of at least 4 members (excludes halogenated alkanes) is 1. The Morgan fingerprint density at radius 1 is 1.16 bits per heavy atom. The van der Waals surface area contributed by atoms with Gasteiger partial charge in [0.25, 0.3) is 0 Å². The van der Waals surface area contributed by atoms with Crippen molar-refractivity contribution >= 4 is 10.0 Å². The molecule has 2 aromatic carbocycles. The summed E-state index contributed by atoms with van der Waals surface area (Å²) in [5.74, 6) is -1.28. The van der Waals surface area contributed by atoms with Gasteiger partial charge in [-0.3, -0.25) is 0 Å². The van der Waals surface area contributed by atoms with Gasteiger partial charge in [-0.05, 0) is 24.6 Å². The summed E-state index contributed by atoms with van der Waals surface area (Å²) in [6.45, 7) is -0.264. The van der Waals surface area contributed by atoms with Gasteiger partial charge in [-0.2, -0.15) is 28.0 Å². The third-order valence-electron chi connectivity index (χ3n) is 5.92. The molecule has 14 heteroatoms. The zero-order chi connectivity index (χ0) is 28.3. The van der Waals surface area contributed by atoms with E-state index in [1.165, 1.54) is 6.07 Å². The quantitative estimate of drug-likeness (QED) is 0.354. The molecule has 0 radical (unpaired) electrons. The number of aliphatic hydroxyl groups is 2. The molecule has 1 aliphatic heterocycles. The maximum Gasteiger partial charge on any atom is 0.416 e. The summed E-state index contributed by atoms with van der Waals surface area (Å²) in [4.78, 5) is -0.734. The number of hydrogen-bond acceptors (Lipinski definition) is 8. The Kier molecular flexibility index (Phi) is 8.53. The average Bonchev–Trinajstić information content (AvgIpc) is 3.21. The van der Waals surface area contributed by atoms with E-state index in [1.54, 1.807) is 6.07 Å². The van der Waals surface area contributed by atoms with Crippen molar-refractivity contribution in [2.24, 2.45) is 0 Å². The van der Waals surface area contributed by atoms with E-state index in [0.717, 1.165) is 18.6 Å². The van der Waals surface area contributed by atoms with Gasteiger partial charge in [-0.25, -0.2) is 12.8 Å². The molecule has 1 fully saturated rings. The zero-order valence-corrected chi connectivity index (χ0v) is 20.8. The predicted octanol–water partition coefficient (Wildman–Crippen LogP) is 2.94. The third kappa shape index (κ3) is 5.84.